The predicted octanol–water partition coefficient (Wildman–Crippen LogP) is 4.51. The number of carbonyl (C=O) groups is 2. The fourth-order valence-corrected chi connectivity index (χ4v) is 3.49. The number of thiazole rings is 1. The predicted molar refractivity (Wildman–Crippen MR) is 120 cm³/mol. The molecule has 0 aliphatic rings. The number of carboxylic acids is 1. The molecule has 0 aliphatic heterocycles. The Balaban J connectivity index is 1.63. The minimum absolute atomic E-state index is 0.0515. The van der Waals surface area contributed by atoms with E-state index in [1.54, 1.807) is 23.6 Å². The molecular formula is C20H17Cl2N5O5S. The summed E-state index contributed by atoms with van der Waals surface area (Å²) in [7, 11) is 0. The van der Waals surface area contributed by atoms with Gasteiger partial charge in [-0.2, -0.15) is 15.2 Å². The van der Waals surface area contributed by atoms with Crippen molar-refractivity contribution in [3.8, 4) is 28.0 Å². The van der Waals surface area contributed by atoms with Crippen LogP contribution in [0.1, 0.15) is 19.5 Å². The fourth-order valence-electron chi connectivity index (χ4n) is 2.39. The van der Waals surface area contributed by atoms with Crippen molar-refractivity contribution in [3.05, 3.63) is 39.3 Å². The van der Waals surface area contributed by atoms with Crippen LogP contribution in [-0.4, -0.2) is 50.4 Å². The van der Waals surface area contributed by atoms with Crippen LogP contribution in [-0.2, 0) is 20.8 Å². The molecule has 0 spiro atoms. The smallest absolute Gasteiger partial charge is 0.481 e. The van der Waals surface area contributed by atoms with Crippen LogP contribution in [0.3, 0.4) is 0 Å². The van der Waals surface area contributed by atoms with Crippen LogP contribution in [0.15, 0.2) is 23.6 Å². The summed E-state index contributed by atoms with van der Waals surface area (Å²) >= 11 is 13.4. The van der Waals surface area contributed by atoms with Crippen LogP contribution in [0, 0.1) is 16.7 Å². The van der Waals surface area contributed by atoms with Crippen LogP contribution < -0.4 is 0 Å². The average molecular weight is 510 g/mol. The Bertz CT molecular complexity index is 1230. The minimum Gasteiger partial charge on any atom is -0.481 e. The Kier molecular flexibility index (Phi) is 7.53. The molecule has 0 fully saturated rings. The van der Waals surface area contributed by atoms with Gasteiger partial charge < -0.3 is 14.6 Å². The monoisotopic (exact) mass is 509 g/mol. The number of aromatic nitrogens is 4. The number of nitriles is 1. The molecule has 10 nitrogen and oxygen atoms in total. The Hall–Kier alpha value is -3.20. The summed E-state index contributed by atoms with van der Waals surface area (Å²) in [5.41, 5.74) is 0.338. The number of hydrogen-bond donors (Lipinski definition) is 1. The number of aliphatic carboxylic acids is 1. The van der Waals surface area contributed by atoms with E-state index < -0.39 is 17.5 Å². The van der Waals surface area contributed by atoms with Crippen molar-refractivity contribution in [2.45, 2.75) is 20.4 Å². The third-order valence-corrected chi connectivity index (χ3v) is 5.95. The van der Waals surface area contributed by atoms with Crippen molar-refractivity contribution >= 4 is 46.7 Å². The van der Waals surface area contributed by atoms with Gasteiger partial charge in [-0.15, -0.1) is 16.4 Å². The van der Waals surface area contributed by atoms with Gasteiger partial charge in [-0.05, 0) is 26.0 Å². The minimum atomic E-state index is -1.23. The van der Waals surface area contributed by atoms with Gasteiger partial charge in [0.15, 0.2) is 11.4 Å². The number of benzene rings is 1. The highest BCUT2D eigenvalue weighted by Gasteiger charge is 2.29. The second-order valence-corrected chi connectivity index (χ2v) is 9.02. The van der Waals surface area contributed by atoms with Gasteiger partial charge in [-0.25, -0.2) is 9.78 Å². The molecule has 0 atom stereocenters. The molecule has 0 saturated heterocycles. The third-order valence-electron chi connectivity index (χ3n) is 4.32. The van der Waals surface area contributed by atoms with Gasteiger partial charge >= 0.3 is 12.1 Å². The van der Waals surface area contributed by atoms with E-state index in [4.69, 9.17) is 37.8 Å². The zero-order chi connectivity index (χ0) is 24.2. The lowest BCUT2D eigenvalue weighted by Gasteiger charge is -2.18. The Labute approximate surface area is 202 Å². The largest absolute Gasteiger partial charge is 0.508 e. The Morgan fingerprint density at radius 3 is 2.67 bits per heavy atom. The summed E-state index contributed by atoms with van der Waals surface area (Å²) in [5, 5.41) is 30.0. The number of halogens is 2. The number of carbonyl (C=O) groups excluding carboxylic acids is 1. The van der Waals surface area contributed by atoms with E-state index in [0.29, 0.717) is 20.7 Å². The topological polar surface area (TPSA) is 140 Å². The molecule has 13 heteroatoms. The molecule has 1 N–H and O–H groups in total. The third kappa shape index (κ3) is 5.98. The van der Waals surface area contributed by atoms with Crippen LogP contribution in [0.5, 0.6) is 0 Å². The summed E-state index contributed by atoms with van der Waals surface area (Å²) < 4.78 is 9.73. The lowest BCUT2D eigenvalue weighted by atomic mass is 9.95. The van der Waals surface area contributed by atoms with Gasteiger partial charge in [-0.3, -0.25) is 4.79 Å². The van der Waals surface area contributed by atoms with Crippen molar-refractivity contribution in [2.75, 3.05) is 13.2 Å². The van der Waals surface area contributed by atoms with Gasteiger partial charge in [0, 0.05) is 10.9 Å². The second-order valence-electron chi connectivity index (χ2n) is 7.35. The number of rotatable bonds is 8. The van der Waals surface area contributed by atoms with Gasteiger partial charge in [0.1, 0.15) is 30.0 Å². The first-order valence-corrected chi connectivity index (χ1v) is 11.0. The van der Waals surface area contributed by atoms with Crippen LogP contribution in [0.4, 0.5) is 4.79 Å². The SMILES string of the molecule is CC(C)(COC(=O)OCCn1nc(C#N)c(-c2csc(-c3ccc(Cl)c(Cl)c3)n2)n1)C(=O)O. The lowest BCUT2D eigenvalue weighted by molar-refractivity contribution is -0.149. The van der Waals surface area contributed by atoms with E-state index in [9.17, 15) is 14.9 Å². The van der Waals surface area contributed by atoms with Gasteiger partial charge in [-0.1, -0.05) is 29.3 Å². The maximum atomic E-state index is 11.7. The molecule has 0 aliphatic carbocycles. The molecule has 2 aromatic heterocycles. The Morgan fingerprint density at radius 2 is 2.00 bits per heavy atom. The fraction of sp³-hybridized carbons (Fsp3) is 0.300. The molecule has 0 unspecified atom stereocenters. The highest BCUT2D eigenvalue weighted by atomic mass is 35.5. The number of ether oxygens (including phenoxy) is 2. The number of carboxylic acid groups (broad SMARTS) is 1. The molecule has 0 amide bonds. The average Bonchev–Trinajstić information content (AvgIpc) is 3.41. The van der Waals surface area contributed by atoms with Crippen molar-refractivity contribution in [3.63, 3.8) is 0 Å². The maximum absolute atomic E-state index is 11.7. The molecule has 0 saturated carbocycles. The highest BCUT2D eigenvalue weighted by Crippen LogP contribution is 2.32. The normalized spacial score (nSPS) is 11.1. The molecule has 2 heterocycles. The van der Waals surface area contributed by atoms with E-state index in [1.165, 1.54) is 30.0 Å². The molecule has 1 aromatic carbocycles. The zero-order valence-corrected chi connectivity index (χ0v) is 19.7. The summed E-state index contributed by atoms with van der Waals surface area (Å²) in [6.07, 6.45) is -1.01. The standard InChI is InChI=1S/C20H17Cl2N5O5S/c1-20(2,18(28)29)10-32-19(30)31-6-5-27-25-14(8-23)16(26-27)15-9-33-17(24-15)11-3-4-12(21)13(22)7-11/h3-4,7,9H,5-6,10H2,1-2H3,(H,28,29). The summed E-state index contributed by atoms with van der Waals surface area (Å²) in [6, 6.07) is 7.12. The maximum Gasteiger partial charge on any atom is 0.508 e. The summed E-state index contributed by atoms with van der Waals surface area (Å²) in [6.45, 7) is 2.42. The van der Waals surface area contributed by atoms with Crippen LogP contribution >= 0.6 is 34.5 Å². The van der Waals surface area contributed by atoms with Gasteiger partial charge in [0.2, 0.25) is 0 Å². The molecule has 3 aromatic rings. The quantitative estimate of drug-likeness (QED) is 0.433. The number of nitrogens with zero attached hydrogens (tertiary/aromatic N) is 5. The highest BCUT2D eigenvalue weighted by molar-refractivity contribution is 7.13. The zero-order valence-electron chi connectivity index (χ0n) is 17.4. The summed E-state index contributed by atoms with van der Waals surface area (Å²) in [4.78, 5) is 28.4. The van der Waals surface area contributed by atoms with Crippen molar-refractivity contribution in [2.24, 2.45) is 5.41 Å². The van der Waals surface area contributed by atoms with E-state index in [2.05, 4.69) is 15.2 Å². The summed E-state index contributed by atoms with van der Waals surface area (Å²) in [5.74, 6) is -1.10. The molecular weight excluding hydrogens is 493 g/mol. The van der Waals surface area contributed by atoms with Gasteiger partial charge in [0.05, 0.1) is 22.0 Å². The van der Waals surface area contributed by atoms with Crippen molar-refractivity contribution in [1.82, 2.24) is 20.0 Å². The molecule has 3 rings (SSSR count). The van der Waals surface area contributed by atoms with E-state index in [-0.39, 0.29) is 31.1 Å². The molecule has 33 heavy (non-hydrogen) atoms. The van der Waals surface area contributed by atoms with E-state index in [1.807, 2.05) is 6.07 Å². The van der Waals surface area contributed by atoms with Crippen molar-refractivity contribution < 1.29 is 24.2 Å². The van der Waals surface area contributed by atoms with Crippen LogP contribution in [0.2, 0.25) is 10.0 Å². The first kappa shape index (κ1) is 24.4. The second kappa shape index (κ2) is 10.2. The van der Waals surface area contributed by atoms with Crippen molar-refractivity contribution in [1.29, 1.82) is 5.26 Å². The van der Waals surface area contributed by atoms with E-state index in [0.717, 1.165) is 5.56 Å². The lowest BCUT2D eigenvalue weighted by Crippen LogP contribution is -2.30. The molecule has 172 valence electrons. The van der Waals surface area contributed by atoms with E-state index >= 15 is 0 Å². The Morgan fingerprint density at radius 1 is 1.24 bits per heavy atom. The number of hydrogen-bond acceptors (Lipinski definition) is 9. The molecule has 0 radical (unpaired) electrons. The first-order valence-electron chi connectivity index (χ1n) is 9.40. The first-order chi connectivity index (χ1) is 15.6. The molecule has 0 bridgehead atoms. The van der Waals surface area contributed by atoms with Crippen LogP contribution in [0.25, 0.3) is 22.0 Å². The van der Waals surface area contributed by atoms with Gasteiger partial charge in [0.25, 0.3) is 0 Å².